The Kier molecular flexibility index (Phi) is 4.15. The first-order valence-electron chi connectivity index (χ1n) is 8.42. The summed E-state index contributed by atoms with van der Waals surface area (Å²) < 4.78 is 10.6. The number of benzene rings is 2. The van der Waals surface area contributed by atoms with Crippen LogP contribution in [0.25, 0.3) is 0 Å². The van der Waals surface area contributed by atoms with Crippen LogP contribution in [0.3, 0.4) is 0 Å². The highest BCUT2D eigenvalue weighted by Gasteiger charge is 2.36. The van der Waals surface area contributed by atoms with E-state index in [1.54, 1.807) is 41.3 Å². The Bertz CT molecular complexity index is 943. The molecule has 8 nitrogen and oxygen atoms in total. The van der Waals surface area contributed by atoms with Crippen LogP contribution in [-0.4, -0.2) is 31.1 Å². The third kappa shape index (κ3) is 3.17. The molecule has 0 radical (unpaired) electrons. The zero-order valence-corrected chi connectivity index (χ0v) is 14.3. The molecule has 2 heterocycles. The van der Waals surface area contributed by atoms with Crippen molar-refractivity contribution in [1.29, 1.82) is 0 Å². The summed E-state index contributed by atoms with van der Waals surface area (Å²) in [7, 11) is 0. The maximum atomic E-state index is 12.6. The number of carbonyl (C=O) groups excluding carboxylic acids is 3. The predicted molar refractivity (Wildman–Crippen MR) is 96.6 cm³/mol. The number of nitrogens with zero attached hydrogens (tertiary/aromatic N) is 1. The Morgan fingerprint density at radius 2 is 1.89 bits per heavy atom. The van der Waals surface area contributed by atoms with Crippen molar-refractivity contribution >= 4 is 29.1 Å². The van der Waals surface area contributed by atoms with Crippen LogP contribution in [0.2, 0.25) is 0 Å². The largest absolute Gasteiger partial charge is 0.454 e. The van der Waals surface area contributed by atoms with E-state index < -0.39 is 11.8 Å². The van der Waals surface area contributed by atoms with E-state index in [-0.39, 0.29) is 37.1 Å². The second-order valence-electron chi connectivity index (χ2n) is 6.34. The minimum absolute atomic E-state index is 0.0824. The molecule has 2 aromatic carbocycles. The molecule has 1 fully saturated rings. The van der Waals surface area contributed by atoms with Crippen LogP contribution >= 0.6 is 0 Å². The topological polar surface area (TPSA) is 111 Å². The van der Waals surface area contributed by atoms with E-state index in [1.807, 2.05) is 0 Å². The molecule has 0 spiro atoms. The number of hydrogen-bond donors (Lipinski definition) is 2. The van der Waals surface area contributed by atoms with E-state index in [0.29, 0.717) is 22.9 Å². The molecule has 1 saturated heterocycles. The number of carbonyl (C=O) groups is 3. The van der Waals surface area contributed by atoms with Crippen LogP contribution in [0.1, 0.15) is 16.8 Å². The van der Waals surface area contributed by atoms with Crippen LogP contribution in [0.4, 0.5) is 11.4 Å². The normalized spacial score (nSPS) is 17.9. The summed E-state index contributed by atoms with van der Waals surface area (Å²) in [6, 6.07) is 11.7. The van der Waals surface area contributed by atoms with Crippen molar-refractivity contribution in [2.75, 3.05) is 23.6 Å². The first-order chi connectivity index (χ1) is 13.0. The summed E-state index contributed by atoms with van der Waals surface area (Å²) >= 11 is 0. The molecule has 2 aromatic rings. The molecule has 0 bridgehead atoms. The summed E-state index contributed by atoms with van der Waals surface area (Å²) in [6.07, 6.45) is 0.0824. The fourth-order valence-electron chi connectivity index (χ4n) is 3.23. The number of nitrogens with one attached hydrogen (secondary N) is 1. The zero-order valence-electron chi connectivity index (χ0n) is 14.3. The molecule has 4 rings (SSSR count). The first kappa shape index (κ1) is 16.9. The zero-order chi connectivity index (χ0) is 19.0. The van der Waals surface area contributed by atoms with Crippen molar-refractivity contribution in [2.24, 2.45) is 11.7 Å². The van der Waals surface area contributed by atoms with E-state index in [4.69, 9.17) is 15.2 Å². The minimum atomic E-state index is -0.629. The molecule has 3 N–H and O–H groups in total. The third-order valence-electron chi connectivity index (χ3n) is 4.61. The van der Waals surface area contributed by atoms with Crippen molar-refractivity contribution in [3.05, 3.63) is 48.0 Å². The molecule has 3 amide bonds. The van der Waals surface area contributed by atoms with E-state index in [9.17, 15) is 14.4 Å². The Labute approximate surface area is 154 Å². The van der Waals surface area contributed by atoms with Crippen LogP contribution < -0.4 is 25.4 Å². The van der Waals surface area contributed by atoms with Gasteiger partial charge in [-0.1, -0.05) is 12.1 Å². The van der Waals surface area contributed by atoms with Gasteiger partial charge in [0.25, 0.3) is 5.91 Å². The molecule has 2 aliphatic rings. The lowest BCUT2D eigenvalue weighted by Gasteiger charge is -2.17. The lowest BCUT2D eigenvalue weighted by molar-refractivity contribution is -0.122. The van der Waals surface area contributed by atoms with Gasteiger partial charge < -0.3 is 25.4 Å². The number of fused-ring (bicyclic) bond motifs is 1. The van der Waals surface area contributed by atoms with Gasteiger partial charge in [-0.15, -0.1) is 0 Å². The molecule has 27 heavy (non-hydrogen) atoms. The second-order valence-corrected chi connectivity index (χ2v) is 6.34. The molecular formula is C19H17N3O5. The van der Waals surface area contributed by atoms with Gasteiger partial charge in [-0.25, -0.2) is 0 Å². The fraction of sp³-hybridized carbons (Fsp3) is 0.211. The van der Waals surface area contributed by atoms with Gasteiger partial charge in [0.1, 0.15) is 0 Å². The van der Waals surface area contributed by atoms with Crippen LogP contribution in [0, 0.1) is 5.92 Å². The summed E-state index contributed by atoms with van der Waals surface area (Å²) in [5.74, 6) is -0.455. The molecule has 8 heteroatoms. The van der Waals surface area contributed by atoms with Crippen molar-refractivity contribution in [3.8, 4) is 11.5 Å². The highest BCUT2D eigenvalue weighted by atomic mass is 16.7. The van der Waals surface area contributed by atoms with Crippen molar-refractivity contribution in [3.63, 3.8) is 0 Å². The Morgan fingerprint density at radius 3 is 2.70 bits per heavy atom. The lowest BCUT2D eigenvalue weighted by Crippen LogP contribution is -2.28. The number of nitrogens with two attached hydrogens (primary N) is 1. The quantitative estimate of drug-likeness (QED) is 0.851. The number of hydrogen-bond acceptors (Lipinski definition) is 5. The van der Waals surface area contributed by atoms with Crippen molar-refractivity contribution in [2.45, 2.75) is 6.42 Å². The standard InChI is InChI=1S/C19H17N3O5/c20-18(24)13-3-1-2-4-14(13)21-19(25)11-7-17(23)22(9-11)12-5-6-15-16(8-12)27-10-26-15/h1-6,8,11H,7,9-10H2,(H2,20,24)(H,21,25). The van der Waals surface area contributed by atoms with Gasteiger partial charge in [0, 0.05) is 24.7 Å². The van der Waals surface area contributed by atoms with Crippen LogP contribution in [0.15, 0.2) is 42.5 Å². The van der Waals surface area contributed by atoms with Crippen LogP contribution in [-0.2, 0) is 9.59 Å². The predicted octanol–water partition coefficient (Wildman–Crippen LogP) is 1.51. The molecular weight excluding hydrogens is 350 g/mol. The number of ether oxygens (including phenoxy) is 2. The van der Waals surface area contributed by atoms with Gasteiger partial charge >= 0.3 is 0 Å². The van der Waals surface area contributed by atoms with E-state index >= 15 is 0 Å². The SMILES string of the molecule is NC(=O)c1ccccc1NC(=O)C1CC(=O)N(c2ccc3c(c2)OCO3)C1. The monoisotopic (exact) mass is 367 g/mol. The fourth-order valence-corrected chi connectivity index (χ4v) is 3.23. The maximum Gasteiger partial charge on any atom is 0.250 e. The average Bonchev–Trinajstić information content (AvgIpc) is 3.27. The number of rotatable bonds is 4. The van der Waals surface area contributed by atoms with E-state index in [0.717, 1.165) is 0 Å². The Morgan fingerprint density at radius 1 is 1.11 bits per heavy atom. The van der Waals surface area contributed by atoms with Crippen molar-refractivity contribution in [1.82, 2.24) is 0 Å². The molecule has 0 saturated carbocycles. The molecule has 1 unspecified atom stereocenters. The summed E-state index contributed by atoms with van der Waals surface area (Å²) in [5.41, 5.74) is 6.55. The lowest BCUT2D eigenvalue weighted by atomic mass is 10.1. The number of amides is 3. The molecule has 0 aromatic heterocycles. The first-order valence-corrected chi connectivity index (χ1v) is 8.42. The molecule has 1 atom stereocenters. The minimum Gasteiger partial charge on any atom is -0.454 e. The number of primary amides is 1. The summed E-state index contributed by atoms with van der Waals surface area (Å²) in [5, 5.41) is 2.70. The van der Waals surface area contributed by atoms with Crippen molar-refractivity contribution < 1.29 is 23.9 Å². The summed E-state index contributed by atoms with van der Waals surface area (Å²) in [6.45, 7) is 0.389. The van der Waals surface area contributed by atoms with Gasteiger partial charge in [0.2, 0.25) is 18.6 Å². The van der Waals surface area contributed by atoms with Gasteiger partial charge in [-0.05, 0) is 24.3 Å². The molecule has 0 aliphatic carbocycles. The molecule has 138 valence electrons. The van der Waals surface area contributed by atoms with Gasteiger partial charge in [-0.3, -0.25) is 14.4 Å². The number of para-hydroxylation sites is 1. The second kappa shape index (κ2) is 6.64. The van der Waals surface area contributed by atoms with E-state index in [2.05, 4.69) is 5.32 Å². The third-order valence-corrected chi connectivity index (χ3v) is 4.61. The van der Waals surface area contributed by atoms with Gasteiger partial charge in [0.05, 0.1) is 17.2 Å². The van der Waals surface area contributed by atoms with Crippen LogP contribution in [0.5, 0.6) is 11.5 Å². The average molecular weight is 367 g/mol. The highest BCUT2D eigenvalue weighted by molar-refractivity contribution is 6.06. The highest BCUT2D eigenvalue weighted by Crippen LogP contribution is 2.37. The smallest absolute Gasteiger partial charge is 0.250 e. The Balaban J connectivity index is 1.49. The van der Waals surface area contributed by atoms with E-state index in [1.165, 1.54) is 6.07 Å². The summed E-state index contributed by atoms with van der Waals surface area (Å²) in [4.78, 5) is 38.1. The molecule has 2 aliphatic heterocycles. The number of anilines is 2. The maximum absolute atomic E-state index is 12.6. The Hall–Kier alpha value is -3.55. The van der Waals surface area contributed by atoms with Gasteiger partial charge in [-0.2, -0.15) is 0 Å². The van der Waals surface area contributed by atoms with Gasteiger partial charge in [0.15, 0.2) is 11.5 Å².